The van der Waals surface area contributed by atoms with E-state index in [1.807, 2.05) is 37.5 Å². The van der Waals surface area contributed by atoms with Crippen molar-refractivity contribution in [2.24, 2.45) is 22.7 Å². The summed E-state index contributed by atoms with van der Waals surface area (Å²) < 4.78 is 15.6. The number of amides is 3. The van der Waals surface area contributed by atoms with Gasteiger partial charge in [0.15, 0.2) is 0 Å². The summed E-state index contributed by atoms with van der Waals surface area (Å²) in [7, 11) is 0. The molecule has 2 saturated carbocycles. The largest absolute Gasteiger partial charge is 0.450 e. The van der Waals surface area contributed by atoms with Gasteiger partial charge < -0.3 is 44.4 Å². The van der Waals surface area contributed by atoms with Crippen LogP contribution < -0.4 is 10.6 Å². The van der Waals surface area contributed by atoms with Crippen molar-refractivity contribution in [3.63, 3.8) is 0 Å². The fourth-order valence-corrected chi connectivity index (χ4v) is 11.1. The van der Waals surface area contributed by atoms with Gasteiger partial charge in [0.25, 0.3) is 0 Å². The average molecular weight is 824 g/mol. The Balaban J connectivity index is 0.000000168. The quantitative estimate of drug-likeness (QED) is 0.298. The number of nitrogens with one attached hydrogen (secondary N) is 2. The number of halogens is 1. The molecule has 0 aromatic carbocycles. The molecular formula is C43H75ClN6O7. The third-order valence-electron chi connectivity index (χ3n) is 14.0. The Morgan fingerprint density at radius 1 is 0.719 bits per heavy atom. The summed E-state index contributed by atoms with van der Waals surface area (Å²) in [6.45, 7) is 20.5. The van der Waals surface area contributed by atoms with Gasteiger partial charge in [-0.1, -0.05) is 0 Å². The van der Waals surface area contributed by atoms with E-state index in [0.29, 0.717) is 55.8 Å². The van der Waals surface area contributed by atoms with Gasteiger partial charge in [-0.25, -0.2) is 14.4 Å². The minimum absolute atomic E-state index is 0. The van der Waals surface area contributed by atoms with Crippen LogP contribution >= 0.6 is 12.4 Å². The van der Waals surface area contributed by atoms with E-state index >= 15 is 0 Å². The van der Waals surface area contributed by atoms with Gasteiger partial charge in [0.2, 0.25) is 0 Å². The number of ether oxygens (including phenoxy) is 3. The molecule has 8 rings (SSSR count). The Hall–Kier alpha value is -2.35. The highest BCUT2D eigenvalue weighted by Gasteiger charge is 2.52. The molecule has 6 aliphatic heterocycles. The number of likely N-dealkylation sites (tertiary alicyclic amines) is 4. The molecule has 3 amide bonds. The van der Waals surface area contributed by atoms with Gasteiger partial charge >= 0.3 is 18.3 Å². The number of Topliss-reactive ketones (excluding diaryl/α,β-unsaturated/α-hetero) is 1. The van der Waals surface area contributed by atoms with Crippen LogP contribution in [0.5, 0.6) is 0 Å². The van der Waals surface area contributed by atoms with Crippen LogP contribution in [0.15, 0.2) is 0 Å². The Labute approximate surface area is 348 Å². The minimum atomic E-state index is -0.391. The van der Waals surface area contributed by atoms with Crippen molar-refractivity contribution in [1.82, 2.24) is 30.2 Å². The van der Waals surface area contributed by atoms with E-state index in [4.69, 9.17) is 14.2 Å². The second kappa shape index (κ2) is 20.3. The summed E-state index contributed by atoms with van der Waals surface area (Å²) in [5.41, 5.74) is 0.128. The van der Waals surface area contributed by atoms with E-state index in [1.54, 1.807) is 11.8 Å². The Kier molecular flexibility index (Phi) is 16.3. The van der Waals surface area contributed by atoms with E-state index in [1.165, 1.54) is 77.4 Å². The number of ketones is 1. The summed E-state index contributed by atoms with van der Waals surface area (Å²) in [4.78, 5) is 54.8. The maximum atomic E-state index is 12.2. The van der Waals surface area contributed by atoms with Crippen molar-refractivity contribution in [3.8, 4) is 0 Å². The van der Waals surface area contributed by atoms with Gasteiger partial charge in [-0.2, -0.15) is 0 Å². The van der Waals surface area contributed by atoms with Crippen LogP contribution in [0.25, 0.3) is 0 Å². The highest BCUT2D eigenvalue weighted by molar-refractivity contribution is 5.86. The van der Waals surface area contributed by atoms with Crippen molar-refractivity contribution in [1.29, 1.82) is 0 Å². The first kappa shape index (κ1) is 45.7. The SMILES string of the molecule is CC(C)(C)OC(=O)N1CCCC1C1CCNCC1.CCOC(=O)N1CCC2(CC(=O)C2)C1.CCOC(=O)N1CCC2(CC(N3CCC([C@@H]4CCCN4)CC3)C2)C1.Cl. The third kappa shape index (κ3) is 11.9. The topological polar surface area (TPSA) is 133 Å². The molecule has 2 N–H and O–H groups in total. The number of hydrogen-bond acceptors (Lipinski definition) is 10. The first-order chi connectivity index (χ1) is 26.8. The third-order valence-corrected chi connectivity index (χ3v) is 14.0. The van der Waals surface area contributed by atoms with Gasteiger partial charge in [-0.15, -0.1) is 12.4 Å². The van der Waals surface area contributed by atoms with Crippen molar-refractivity contribution >= 4 is 36.5 Å². The highest BCUT2D eigenvalue weighted by atomic mass is 35.5. The monoisotopic (exact) mass is 823 g/mol. The molecule has 6 heterocycles. The van der Waals surface area contributed by atoms with Crippen LogP contribution in [0, 0.1) is 22.7 Å². The van der Waals surface area contributed by atoms with Gasteiger partial charge in [0, 0.05) is 69.1 Å². The lowest BCUT2D eigenvalue weighted by Gasteiger charge is -2.52. The molecule has 0 aromatic heterocycles. The minimum Gasteiger partial charge on any atom is -0.450 e. The van der Waals surface area contributed by atoms with E-state index in [0.717, 1.165) is 76.5 Å². The number of rotatable bonds is 5. The maximum Gasteiger partial charge on any atom is 0.410 e. The molecule has 6 saturated heterocycles. The van der Waals surface area contributed by atoms with Gasteiger partial charge in [0.1, 0.15) is 11.4 Å². The lowest BCUT2D eigenvalue weighted by atomic mass is 9.64. The van der Waals surface area contributed by atoms with Crippen LogP contribution in [-0.4, -0.2) is 146 Å². The number of hydrogen-bond donors (Lipinski definition) is 2. The lowest BCUT2D eigenvalue weighted by Crippen LogP contribution is -2.55. The van der Waals surface area contributed by atoms with Crippen LogP contribution in [0.1, 0.15) is 125 Å². The molecule has 0 aromatic rings. The Bertz CT molecular complexity index is 1330. The van der Waals surface area contributed by atoms with Crippen molar-refractivity contribution in [2.45, 2.75) is 148 Å². The maximum absolute atomic E-state index is 12.2. The standard InChI is InChI=1S/C19H33N3O2.C14H26N2O2.C10H15NO3.ClH/c1-2-24-18(23)22-11-7-19(14-22)12-16(13-19)21-9-5-15(6-10-21)17-4-3-8-20-17;1-14(2,3)18-13(17)16-10-4-5-12(16)11-6-8-15-9-7-11;1-2-14-9(13)11-4-3-10(7-11)5-8(12)6-10;/h15-17,20H,2-14H2,1H3;11-12,15H,4-10H2,1-3H3;2-7H2,1H3;1H/t16?,17-,19?;;;/m0.../s1. The summed E-state index contributed by atoms with van der Waals surface area (Å²) >= 11 is 0. The van der Waals surface area contributed by atoms with Crippen LogP contribution in [-0.2, 0) is 19.0 Å². The fraction of sp³-hybridized carbons (Fsp3) is 0.907. The lowest BCUT2D eigenvalue weighted by molar-refractivity contribution is -0.131. The van der Waals surface area contributed by atoms with Crippen LogP contribution in [0.2, 0.25) is 0 Å². The molecule has 1 unspecified atom stereocenters. The molecule has 2 aliphatic carbocycles. The van der Waals surface area contributed by atoms with Crippen molar-refractivity contribution in [3.05, 3.63) is 0 Å². The predicted molar refractivity (Wildman–Crippen MR) is 223 cm³/mol. The zero-order valence-corrected chi connectivity index (χ0v) is 36.6. The predicted octanol–water partition coefficient (Wildman–Crippen LogP) is 6.47. The van der Waals surface area contributed by atoms with E-state index in [2.05, 4.69) is 15.5 Å². The first-order valence-corrected chi connectivity index (χ1v) is 22.3. The van der Waals surface area contributed by atoms with Gasteiger partial charge in [-0.3, -0.25) is 4.79 Å². The van der Waals surface area contributed by atoms with E-state index in [9.17, 15) is 19.2 Å². The van der Waals surface area contributed by atoms with E-state index in [-0.39, 0.29) is 36.1 Å². The van der Waals surface area contributed by atoms with Crippen molar-refractivity contribution < 1.29 is 33.4 Å². The Morgan fingerprint density at radius 2 is 1.32 bits per heavy atom. The molecule has 14 heteroatoms. The number of carbonyl (C=O) groups excluding carboxylic acids is 4. The zero-order chi connectivity index (χ0) is 39.9. The van der Waals surface area contributed by atoms with Crippen LogP contribution in [0.3, 0.4) is 0 Å². The average Bonchev–Trinajstić information content (AvgIpc) is 3.98. The summed E-state index contributed by atoms with van der Waals surface area (Å²) in [6.07, 6.45) is 15.7. The molecule has 8 fully saturated rings. The second-order valence-corrected chi connectivity index (χ2v) is 19.2. The van der Waals surface area contributed by atoms with Crippen molar-refractivity contribution in [2.75, 3.05) is 78.7 Å². The molecule has 8 aliphatic rings. The second-order valence-electron chi connectivity index (χ2n) is 19.2. The van der Waals surface area contributed by atoms with Gasteiger partial charge in [-0.05, 0) is 162 Å². The molecule has 326 valence electrons. The number of piperidine rings is 2. The molecule has 0 bridgehead atoms. The molecule has 0 radical (unpaired) electrons. The fourth-order valence-electron chi connectivity index (χ4n) is 11.1. The smallest absolute Gasteiger partial charge is 0.410 e. The van der Waals surface area contributed by atoms with Gasteiger partial charge in [0.05, 0.1) is 13.2 Å². The number of carbonyl (C=O) groups is 4. The zero-order valence-electron chi connectivity index (χ0n) is 35.8. The summed E-state index contributed by atoms with van der Waals surface area (Å²) in [5.74, 6) is 1.89. The summed E-state index contributed by atoms with van der Waals surface area (Å²) in [5, 5.41) is 7.08. The summed E-state index contributed by atoms with van der Waals surface area (Å²) in [6, 6.07) is 1.97. The van der Waals surface area contributed by atoms with Crippen LogP contribution in [0.4, 0.5) is 14.4 Å². The molecular weight excluding hydrogens is 748 g/mol. The molecule has 2 atom stereocenters. The Morgan fingerprint density at radius 3 is 1.86 bits per heavy atom. The van der Waals surface area contributed by atoms with E-state index < -0.39 is 5.60 Å². The normalized spacial score (nSPS) is 30.1. The molecule has 13 nitrogen and oxygen atoms in total. The number of nitrogens with zero attached hydrogens (tertiary/aromatic N) is 4. The highest BCUT2D eigenvalue weighted by Crippen LogP contribution is 2.51. The first-order valence-electron chi connectivity index (χ1n) is 22.3. The molecule has 2 spiro atoms. The molecule has 57 heavy (non-hydrogen) atoms.